The van der Waals surface area contributed by atoms with Gasteiger partial charge in [-0.15, -0.1) is 0 Å². The van der Waals surface area contributed by atoms with Crippen LogP contribution in [0, 0.1) is 0 Å². The van der Waals surface area contributed by atoms with E-state index in [4.69, 9.17) is 11.1 Å². The van der Waals surface area contributed by atoms with Crippen LogP contribution in [0.5, 0.6) is 0 Å². The molecule has 0 aliphatic carbocycles. The van der Waals surface area contributed by atoms with Gasteiger partial charge in [0.15, 0.2) is 0 Å². The smallest absolute Gasteiger partial charge is 0.0375 e. The average molecular weight is 322 g/mol. The Morgan fingerprint density at radius 2 is 1.04 bits per heavy atom. The lowest BCUT2D eigenvalue weighted by molar-refractivity contribution is 0.611. The van der Waals surface area contributed by atoms with Gasteiger partial charge in [-0.2, -0.15) is 0 Å². The summed E-state index contributed by atoms with van der Waals surface area (Å²) in [6.07, 6.45) is 0. The molecule has 0 fully saturated rings. The summed E-state index contributed by atoms with van der Waals surface area (Å²) in [7, 11) is 0. The molecule has 0 radical (unpaired) electrons. The molecule has 0 spiro atoms. The van der Waals surface area contributed by atoms with E-state index >= 15 is 0 Å². The number of nitrogens with zero attached hydrogens (tertiary/aromatic N) is 6. The second kappa shape index (κ2) is 9.89. The number of rotatable bonds is 9. The summed E-state index contributed by atoms with van der Waals surface area (Å²) in [4.78, 5) is 5.50. The summed E-state index contributed by atoms with van der Waals surface area (Å²) in [5, 5.41) is 13.8. The van der Waals surface area contributed by atoms with Crippen molar-refractivity contribution in [2.45, 2.75) is 13.1 Å². The van der Waals surface area contributed by atoms with E-state index in [0.29, 0.717) is 11.4 Å². The highest BCUT2D eigenvalue weighted by Gasteiger charge is 1.95. The SMILES string of the molecule is [N-]=[N+]=Nc1ccc(CNCCNCc2ccc(N=[N+]=[N-])cc2)cc1. The predicted molar refractivity (Wildman–Crippen MR) is 93.9 cm³/mol. The molecule has 0 amide bonds. The highest BCUT2D eigenvalue weighted by atomic mass is 15.1. The van der Waals surface area contributed by atoms with Crippen molar-refractivity contribution in [3.63, 3.8) is 0 Å². The zero-order valence-electron chi connectivity index (χ0n) is 13.1. The van der Waals surface area contributed by atoms with Gasteiger partial charge >= 0.3 is 0 Å². The second-order valence-electron chi connectivity index (χ2n) is 5.07. The van der Waals surface area contributed by atoms with Crippen molar-refractivity contribution < 1.29 is 0 Å². The highest BCUT2D eigenvalue weighted by molar-refractivity contribution is 5.39. The Balaban J connectivity index is 1.62. The van der Waals surface area contributed by atoms with Crippen LogP contribution in [0.15, 0.2) is 58.8 Å². The van der Waals surface area contributed by atoms with Crippen molar-refractivity contribution in [3.8, 4) is 0 Å². The summed E-state index contributed by atoms with van der Waals surface area (Å²) < 4.78 is 0. The van der Waals surface area contributed by atoms with Crippen molar-refractivity contribution in [3.05, 3.63) is 80.5 Å². The van der Waals surface area contributed by atoms with Gasteiger partial charge in [-0.1, -0.05) is 58.8 Å². The fourth-order valence-electron chi connectivity index (χ4n) is 2.11. The Bertz CT molecular complexity index is 660. The molecule has 0 atom stereocenters. The molecule has 122 valence electrons. The van der Waals surface area contributed by atoms with Gasteiger partial charge in [-0.05, 0) is 22.2 Å². The van der Waals surface area contributed by atoms with Crippen LogP contribution in [0.1, 0.15) is 11.1 Å². The topological polar surface area (TPSA) is 122 Å². The maximum Gasteiger partial charge on any atom is 0.0375 e. The minimum Gasteiger partial charge on any atom is -0.311 e. The van der Waals surface area contributed by atoms with Crippen molar-refractivity contribution in [2.75, 3.05) is 13.1 Å². The van der Waals surface area contributed by atoms with E-state index in [2.05, 4.69) is 30.7 Å². The number of hydrogen-bond acceptors (Lipinski definition) is 4. The van der Waals surface area contributed by atoms with E-state index in [9.17, 15) is 0 Å². The Morgan fingerprint density at radius 1 is 0.667 bits per heavy atom. The first kappa shape index (κ1) is 17.3. The molecule has 0 saturated heterocycles. The van der Waals surface area contributed by atoms with Crippen LogP contribution >= 0.6 is 0 Å². The van der Waals surface area contributed by atoms with Crippen LogP contribution in [-0.2, 0) is 13.1 Å². The zero-order chi connectivity index (χ0) is 17.0. The van der Waals surface area contributed by atoms with Gasteiger partial charge in [0.05, 0.1) is 0 Å². The minimum atomic E-state index is 0.620. The second-order valence-corrected chi connectivity index (χ2v) is 5.07. The van der Waals surface area contributed by atoms with Crippen molar-refractivity contribution in [1.29, 1.82) is 0 Å². The Morgan fingerprint density at radius 3 is 1.38 bits per heavy atom. The van der Waals surface area contributed by atoms with Gasteiger partial charge in [0.2, 0.25) is 0 Å². The molecule has 0 bridgehead atoms. The Labute approximate surface area is 139 Å². The molecular formula is C16H18N8. The Hall–Kier alpha value is -3.02. The summed E-state index contributed by atoms with van der Waals surface area (Å²) >= 11 is 0. The van der Waals surface area contributed by atoms with E-state index in [1.54, 1.807) is 24.3 Å². The van der Waals surface area contributed by atoms with Gasteiger partial charge < -0.3 is 10.6 Å². The molecule has 8 nitrogen and oxygen atoms in total. The normalized spacial score (nSPS) is 9.83. The Kier molecular flexibility index (Phi) is 7.14. The summed E-state index contributed by atoms with van der Waals surface area (Å²) in [6, 6.07) is 15.0. The molecular weight excluding hydrogens is 304 g/mol. The molecule has 24 heavy (non-hydrogen) atoms. The molecule has 2 N–H and O–H groups in total. The quantitative estimate of drug-likeness (QED) is 0.306. The fraction of sp³-hybridized carbons (Fsp3) is 0.250. The van der Waals surface area contributed by atoms with Crippen molar-refractivity contribution in [2.24, 2.45) is 10.2 Å². The van der Waals surface area contributed by atoms with E-state index < -0.39 is 0 Å². The van der Waals surface area contributed by atoms with E-state index in [1.165, 1.54) is 0 Å². The minimum absolute atomic E-state index is 0.620. The molecule has 0 aliphatic heterocycles. The first-order valence-corrected chi connectivity index (χ1v) is 7.51. The molecule has 2 aromatic rings. The third-order valence-electron chi connectivity index (χ3n) is 3.33. The lowest BCUT2D eigenvalue weighted by Gasteiger charge is -2.07. The molecule has 0 unspecified atom stereocenters. The summed E-state index contributed by atoms with van der Waals surface area (Å²) in [5.41, 5.74) is 20.2. The first-order chi connectivity index (χ1) is 11.8. The summed E-state index contributed by atoms with van der Waals surface area (Å²) in [6.45, 7) is 3.21. The standard InChI is InChI=1S/C16H18N8/c17-23-21-15-5-1-13(2-6-15)11-19-9-10-20-12-14-3-7-16(8-4-14)22-24-18/h1-8,19-20H,9-12H2. The van der Waals surface area contributed by atoms with Crippen LogP contribution in [-0.4, -0.2) is 13.1 Å². The van der Waals surface area contributed by atoms with Crippen LogP contribution < -0.4 is 10.6 Å². The van der Waals surface area contributed by atoms with E-state index in [0.717, 1.165) is 37.3 Å². The van der Waals surface area contributed by atoms with Gasteiger partial charge in [-0.25, -0.2) is 0 Å². The molecule has 2 aromatic carbocycles. The molecule has 0 aromatic heterocycles. The third kappa shape index (κ3) is 6.00. The molecule has 8 heteroatoms. The van der Waals surface area contributed by atoms with Crippen molar-refractivity contribution in [1.82, 2.24) is 10.6 Å². The number of hydrogen-bond donors (Lipinski definition) is 2. The van der Waals surface area contributed by atoms with Gasteiger partial charge in [0.1, 0.15) is 0 Å². The van der Waals surface area contributed by atoms with Crippen LogP contribution in [0.4, 0.5) is 11.4 Å². The molecule has 0 saturated carbocycles. The maximum atomic E-state index is 8.35. The van der Waals surface area contributed by atoms with Crippen LogP contribution in [0.3, 0.4) is 0 Å². The first-order valence-electron chi connectivity index (χ1n) is 7.51. The van der Waals surface area contributed by atoms with Gasteiger partial charge in [0, 0.05) is 47.4 Å². The van der Waals surface area contributed by atoms with Crippen molar-refractivity contribution >= 4 is 11.4 Å². The average Bonchev–Trinajstić information content (AvgIpc) is 2.61. The van der Waals surface area contributed by atoms with Crippen LogP contribution in [0.2, 0.25) is 0 Å². The maximum absolute atomic E-state index is 8.35. The lowest BCUT2D eigenvalue weighted by atomic mass is 10.2. The molecule has 0 aliphatic rings. The van der Waals surface area contributed by atoms with Gasteiger partial charge in [-0.3, -0.25) is 0 Å². The van der Waals surface area contributed by atoms with E-state index in [-0.39, 0.29) is 0 Å². The fourth-order valence-corrected chi connectivity index (χ4v) is 2.11. The third-order valence-corrected chi connectivity index (χ3v) is 3.33. The van der Waals surface area contributed by atoms with Gasteiger partial charge in [0.25, 0.3) is 0 Å². The number of nitrogens with one attached hydrogen (secondary N) is 2. The largest absolute Gasteiger partial charge is 0.311 e. The highest BCUT2D eigenvalue weighted by Crippen LogP contribution is 2.13. The molecule has 2 rings (SSSR count). The van der Waals surface area contributed by atoms with E-state index in [1.807, 2.05) is 24.3 Å². The summed E-state index contributed by atoms with van der Waals surface area (Å²) in [5.74, 6) is 0. The number of benzene rings is 2. The monoisotopic (exact) mass is 322 g/mol. The lowest BCUT2D eigenvalue weighted by Crippen LogP contribution is -2.26. The molecule has 0 heterocycles. The predicted octanol–water partition coefficient (Wildman–Crippen LogP) is 4.45. The van der Waals surface area contributed by atoms with Crippen LogP contribution in [0.25, 0.3) is 20.9 Å². The zero-order valence-corrected chi connectivity index (χ0v) is 13.1. The number of azide groups is 2.